The molecule has 2 aromatic rings. The van der Waals surface area contributed by atoms with E-state index in [2.05, 4.69) is 77.8 Å². The number of rotatable bonds is 1. The van der Waals surface area contributed by atoms with Gasteiger partial charge in [-0.25, -0.2) is 0 Å². The van der Waals surface area contributed by atoms with Crippen molar-refractivity contribution in [2.45, 2.75) is 5.92 Å². The fraction of sp³-hybridized carbons (Fsp3) is 0.0870. The van der Waals surface area contributed by atoms with Gasteiger partial charge in [0.05, 0.1) is 0 Å². The van der Waals surface area contributed by atoms with E-state index in [4.69, 9.17) is 0 Å². The number of hydrogen-bond acceptors (Lipinski definition) is 1. The van der Waals surface area contributed by atoms with Crippen LogP contribution in [0.15, 0.2) is 102 Å². The van der Waals surface area contributed by atoms with Gasteiger partial charge in [0.2, 0.25) is 0 Å². The lowest BCUT2D eigenvalue weighted by atomic mass is 9.69. The minimum atomic E-state index is 0.244. The number of hydrogen-bond donors (Lipinski definition) is 0. The molecule has 0 amide bonds. The van der Waals surface area contributed by atoms with E-state index >= 15 is 0 Å². The van der Waals surface area contributed by atoms with Crippen molar-refractivity contribution in [3.63, 3.8) is 0 Å². The van der Waals surface area contributed by atoms with Crippen LogP contribution in [-0.2, 0) is 0 Å². The molecule has 114 valence electrons. The predicted octanol–water partition coefficient (Wildman–Crippen LogP) is 5.22. The first kappa shape index (κ1) is 13.5. The fourth-order valence-corrected chi connectivity index (χ4v) is 4.04. The maximum atomic E-state index is 4.38. The zero-order chi connectivity index (χ0) is 15.9. The SMILES string of the molecule is C1=CC2=C3C(=Cc4ccccc4C3c3cccnc3)C=CC2C=C1. The van der Waals surface area contributed by atoms with E-state index in [-0.39, 0.29) is 5.92 Å². The third kappa shape index (κ3) is 1.98. The number of nitrogens with zero attached hydrogens (tertiary/aromatic N) is 1. The van der Waals surface area contributed by atoms with E-state index in [1.54, 1.807) is 0 Å². The number of fused-ring (bicyclic) bond motifs is 3. The highest BCUT2D eigenvalue weighted by Gasteiger charge is 2.32. The number of benzene rings is 1. The maximum Gasteiger partial charge on any atom is 0.0370 e. The molecule has 1 aromatic heterocycles. The number of aromatic nitrogens is 1. The Morgan fingerprint density at radius 3 is 2.75 bits per heavy atom. The lowest BCUT2D eigenvalue weighted by molar-refractivity contribution is 0.862. The van der Waals surface area contributed by atoms with Crippen molar-refractivity contribution < 1.29 is 0 Å². The van der Waals surface area contributed by atoms with Gasteiger partial charge < -0.3 is 0 Å². The number of pyridine rings is 1. The summed E-state index contributed by atoms with van der Waals surface area (Å²) < 4.78 is 0. The van der Waals surface area contributed by atoms with Crippen LogP contribution in [0.1, 0.15) is 22.6 Å². The average molecular weight is 307 g/mol. The van der Waals surface area contributed by atoms with Crippen LogP contribution in [-0.4, -0.2) is 4.98 Å². The zero-order valence-corrected chi connectivity index (χ0v) is 13.3. The molecule has 3 aliphatic rings. The number of allylic oxidation sites excluding steroid dienone is 9. The van der Waals surface area contributed by atoms with Crippen molar-refractivity contribution in [3.05, 3.63) is 119 Å². The van der Waals surface area contributed by atoms with Crippen LogP contribution in [0.5, 0.6) is 0 Å². The minimum Gasteiger partial charge on any atom is -0.264 e. The quantitative estimate of drug-likeness (QED) is 0.704. The molecule has 0 bridgehead atoms. The Bertz CT molecular complexity index is 955. The molecule has 3 aliphatic carbocycles. The summed E-state index contributed by atoms with van der Waals surface area (Å²) in [5.74, 6) is 0.625. The van der Waals surface area contributed by atoms with Crippen molar-refractivity contribution in [2.75, 3.05) is 0 Å². The molecule has 0 radical (unpaired) electrons. The Balaban J connectivity index is 1.82. The molecule has 0 spiro atoms. The van der Waals surface area contributed by atoms with Gasteiger partial charge in [-0.05, 0) is 45.6 Å². The van der Waals surface area contributed by atoms with Gasteiger partial charge in [-0.15, -0.1) is 0 Å². The second kappa shape index (κ2) is 5.31. The summed E-state index contributed by atoms with van der Waals surface area (Å²) in [6.07, 6.45) is 19.6. The lowest BCUT2D eigenvalue weighted by Gasteiger charge is -2.34. The van der Waals surface area contributed by atoms with Gasteiger partial charge >= 0.3 is 0 Å². The summed E-state index contributed by atoms with van der Waals surface area (Å²) in [5.41, 5.74) is 8.10. The molecule has 2 atom stereocenters. The van der Waals surface area contributed by atoms with E-state index < -0.39 is 0 Å². The van der Waals surface area contributed by atoms with Crippen LogP contribution < -0.4 is 0 Å². The molecule has 0 saturated carbocycles. The van der Waals surface area contributed by atoms with Crippen LogP contribution in [0.4, 0.5) is 0 Å². The first-order chi connectivity index (χ1) is 11.9. The molecule has 1 aromatic carbocycles. The second-order valence-electron chi connectivity index (χ2n) is 6.45. The van der Waals surface area contributed by atoms with Gasteiger partial charge in [-0.2, -0.15) is 0 Å². The van der Waals surface area contributed by atoms with Crippen molar-refractivity contribution in [3.8, 4) is 0 Å². The van der Waals surface area contributed by atoms with E-state index in [0.717, 1.165) is 0 Å². The monoisotopic (exact) mass is 307 g/mol. The highest BCUT2D eigenvalue weighted by Crippen LogP contribution is 2.48. The van der Waals surface area contributed by atoms with Crippen LogP contribution >= 0.6 is 0 Å². The van der Waals surface area contributed by atoms with Gasteiger partial charge in [0, 0.05) is 24.2 Å². The molecule has 1 heteroatoms. The molecule has 24 heavy (non-hydrogen) atoms. The van der Waals surface area contributed by atoms with Crippen molar-refractivity contribution >= 4 is 6.08 Å². The Hall–Kier alpha value is -2.93. The van der Waals surface area contributed by atoms with Gasteiger partial charge in [0.25, 0.3) is 0 Å². The zero-order valence-electron chi connectivity index (χ0n) is 13.3. The van der Waals surface area contributed by atoms with Gasteiger partial charge in [0.15, 0.2) is 0 Å². The van der Waals surface area contributed by atoms with Gasteiger partial charge in [-0.3, -0.25) is 4.98 Å². The van der Waals surface area contributed by atoms with Gasteiger partial charge in [-0.1, -0.05) is 66.8 Å². The van der Waals surface area contributed by atoms with E-state index in [9.17, 15) is 0 Å². The first-order valence-corrected chi connectivity index (χ1v) is 8.40. The van der Waals surface area contributed by atoms with E-state index in [0.29, 0.717) is 5.92 Å². The van der Waals surface area contributed by atoms with Crippen LogP contribution in [0.25, 0.3) is 6.08 Å². The van der Waals surface area contributed by atoms with Crippen LogP contribution in [0.2, 0.25) is 0 Å². The predicted molar refractivity (Wildman–Crippen MR) is 98.4 cm³/mol. The third-order valence-corrected chi connectivity index (χ3v) is 5.09. The second-order valence-corrected chi connectivity index (χ2v) is 6.45. The minimum absolute atomic E-state index is 0.244. The molecule has 0 saturated heterocycles. The summed E-state index contributed by atoms with van der Waals surface area (Å²) in [5, 5.41) is 0. The molecular weight excluding hydrogens is 290 g/mol. The fourth-order valence-electron chi connectivity index (χ4n) is 4.04. The molecule has 0 N–H and O–H groups in total. The maximum absolute atomic E-state index is 4.38. The normalized spacial score (nSPS) is 23.4. The van der Waals surface area contributed by atoms with E-state index in [1.165, 1.54) is 33.4 Å². The molecular formula is C23H17N. The molecule has 1 heterocycles. The first-order valence-electron chi connectivity index (χ1n) is 8.40. The largest absolute Gasteiger partial charge is 0.264 e. The van der Waals surface area contributed by atoms with E-state index in [1.807, 2.05) is 18.5 Å². The highest BCUT2D eigenvalue weighted by atomic mass is 14.6. The average Bonchev–Trinajstić information content (AvgIpc) is 2.66. The molecule has 0 fully saturated rings. The van der Waals surface area contributed by atoms with Crippen molar-refractivity contribution in [2.24, 2.45) is 5.92 Å². The summed E-state index contributed by atoms with van der Waals surface area (Å²) in [4.78, 5) is 4.38. The molecule has 0 aliphatic heterocycles. The summed E-state index contributed by atoms with van der Waals surface area (Å²) in [7, 11) is 0. The van der Waals surface area contributed by atoms with Crippen LogP contribution in [0.3, 0.4) is 0 Å². The summed E-state index contributed by atoms with van der Waals surface area (Å²) in [6, 6.07) is 13.0. The Morgan fingerprint density at radius 2 is 1.83 bits per heavy atom. The van der Waals surface area contributed by atoms with Crippen molar-refractivity contribution in [1.29, 1.82) is 0 Å². The molecule has 5 rings (SSSR count). The molecule has 1 nitrogen and oxygen atoms in total. The summed E-state index contributed by atoms with van der Waals surface area (Å²) in [6.45, 7) is 0. The summed E-state index contributed by atoms with van der Waals surface area (Å²) >= 11 is 0. The standard InChI is InChI=1S/C23H17N/c1-3-9-20-16(6-1)11-12-18-14-17-7-2-4-10-21(17)23(22(18)20)19-8-5-13-24-15-19/h1-16,23H. The smallest absolute Gasteiger partial charge is 0.0370 e. The van der Waals surface area contributed by atoms with Gasteiger partial charge in [0.1, 0.15) is 0 Å². The Labute approximate surface area is 142 Å². The Kier molecular flexibility index (Phi) is 2.99. The highest BCUT2D eigenvalue weighted by molar-refractivity contribution is 5.76. The molecule has 2 unspecified atom stereocenters. The Morgan fingerprint density at radius 1 is 0.875 bits per heavy atom. The topological polar surface area (TPSA) is 12.9 Å². The lowest BCUT2D eigenvalue weighted by Crippen LogP contribution is -2.18. The van der Waals surface area contributed by atoms with Crippen LogP contribution in [0, 0.1) is 5.92 Å². The third-order valence-electron chi connectivity index (χ3n) is 5.09. The van der Waals surface area contributed by atoms with Crippen molar-refractivity contribution in [1.82, 2.24) is 4.98 Å².